The average molecular weight is 527 g/mol. The van der Waals surface area contributed by atoms with Crippen molar-refractivity contribution >= 4 is 27.7 Å². The number of aromatic nitrogens is 2. The van der Waals surface area contributed by atoms with Crippen molar-refractivity contribution in [3.8, 4) is 16.8 Å². The molecule has 10 heteroatoms. The second kappa shape index (κ2) is 10.5. The zero-order chi connectivity index (χ0) is 25.9. The van der Waals surface area contributed by atoms with Gasteiger partial charge >= 0.3 is 6.03 Å². The van der Waals surface area contributed by atoms with Crippen LogP contribution in [0.1, 0.15) is 17.0 Å². The van der Waals surface area contributed by atoms with E-state index in [-0.39, 0.29) is 16.5 Å². The van der Waals surface area contributed by atoms with Gasteiger partial charge in [0.05, 0.1) is 16.4 Å². The van der Waals surface area contributed by atoms with Crippen molar-refractivity contribution in [2.75, 3.05) is 6.54 Å². The quantitative estimate of drug-likeness (QED) is 0.347. The number of benzene rings is 3. The van der Waals surface area contributed by atoms with Gasteiger partial charge in [-0.25, -0.2) is 27.0 Å². The molecule has 0 fully saturated rings. The Labute approximate surface area is 214 Å². The molecule has 0 unspecified atom stereocenters. The fourth-order valence-electron chi connectivity index (χ4n) is 3.95. The Bertz CT molecular complexity index is 1500. The summed E-state index contributed by atoms with van der Waals surface area (Å²) in [6.07, 6.45) is 0.484. The molecular weight excluding hydrogens is 503 g/mol. The highest BCUT2D eigenvalue weighted by Crippen LogP contribution is 2.28. The number of sulfonamides is 1. The van der Waals surface area contributed by atoms with E-state index in [0.29, 0.717) is 6.42 Å². The van der Waals surface area contributed by atoms with E-state index in [2.05, 4.69) is 17.4 Å². The Kier molecular flexibility index (Phi) is 7.42. The van der Waals surface area contributed by atoms with Crippen molar-refractivity contribution in [2.45, 2.75) is 25.2 Å². The van der Waals surface area contributed by atoms with Gasteiger partial charge in [0.2, 0.25) is 0 Å². The van der Waals surface area contributed by atoms with Gasteiger partial charge in [0, 0.05) is 17.8 Å². The van der Waals surface area contributed by atoms with Crippen molar-refractivity contribution in [3.63, 3.8) is 0 Å². The molecule has 0 atom stereocenters. The van der Waals surface area contributed by atoms with Crippen LogP contribution in [0.3, 0.4) is 0 Å². The summed E-state index contributed by atoms with van der Waals surface area (Å²) >= 11 is 5.79. The zero-order valence-corrected chi connectivity index (χ0v) is 21.2. The third-order valence-corrected chi connectivity index (χ3v) is 7.46. The number of nitrogens with one attached hydrogen (secondary N) is 2. The molecule has 0 saturated carbocycles. The minimum Gasteiger partial charge on any atom is -0.337 e. The third kappa shape index (κ3) is 5.58. The van der Waals surface area contributed by atoms with Crippen LogP contribution >= 0.6 is 11.6 Å². The first-order chi connectivity index (χ1) is 17.2. The predicted octanol–water partition coefficient (Wildman–Crippen LogP) is 5.18. The van der Waals surface area contributed by atoms with Crippen LogP contribution in [-0.2, 0) is 16.4 Å². The standard InChI is InChI=1S/C26H24ClFN4O3S/c1-17-25(20-6-4-3-5-7-20)18(2)32(30-17)22-11-8-19(9-12-22)14-15-29-26(33)31-36(34,35)24-13-10-21(28)16-23(24)27/h3-13,16H,14-15H2,1-2H3,(H2,29,31,33). The molecule has 0 saturated heterocycles. The van der Waals surface area contributed by atoms with Gasteiger partial charge in [-0.2, -0.15) is 5.10 Å². The summed E-state index contributed by atoms with van der Waals surface area (Å²) in [5.41, 5.74) is 6.06. The van der Waals surface area contributed by atoms with Gasteiger partial charge in [-0.1, -0.05) is 54.1 Å². The minimum atomic E-state index is -4.23. The van der Waals surface area contributed by atoms with E-state index in [1.807, 2.05) is 65.7 Å². The highest BCUT2D eigenvalue weighted by molar-refractivity contribution is 7.90. The number of aryl methyl sites for hydroxylation is 1. The average Bonchev–Trinajstić information content (AvgIpc) is 3.13. The Morgan fingerprint density at radius 1 is 1.03 bits per heavy atom. The summed E-state index contributed by atoms with van der Waals surface area (Å²) in [4.78, 5) is 11.7. The molecule has 3 aromatic carbocycles. The Balaban J connectivity index is 1.36. The highest BCUT2D eigenvalue weighted by Gasteiger charge is 2.21. The number of amides is 2. The molecule has 4 aromatic rings. The van der Waals surface area contributed by atoms with Gasteiger partial charge in [-0.05, 0) is 61.7 Å². The summed E-state index contributed by atoms with van der Waals surface area (Å²) in [5.74, 6) is -0.677. The molecule has 0 aliphatic heterocycles. The monoisotopic (exact) mass is 526 g/mol. The molecule has 2 N–H and O–H groups in total. The topological polar surface area (TPSA) is 93.1 Å². The number of carbonyl (C=O) groups excluding carboxylic acids is 1. The van der Waals surface area contributed by atoms with Crippen molar-refractivity contribution in [1.29, 1.82) is 0 Å². The normalized spacial score (nSPS) is 11.3. The molecular formula is C26H24ClFN4O3S. The summed E-state index contributed by atoms with van der Waals surface area (Å²) in [5, 5.41) is 6.90. The SMILES string of the molecule is Cc1nn(-c2ccc(CCNC(=O)NS(=O)(=O)c3ccc(F)cc3Cl)cc2)c(C)c1-c1ccccc1. The number of urea groups is 1. The second-order valence-corrected chi connectivity index (χ2v) is 10.2. The molecule has 7 nitrogen and oxygen atoms in total. The molecule has 2 amide bonds. The molecule has 186 valence electrons. The molecule has 0 bridgehead atoms. The largest absolute Gasteiger partial charge is 0.337 e. The first kappa shape index (κ1) is 25.4. The first-order valence-electron chi connectivity index (χ1n) is 11.1. The van der Waals surface area contributed by atoms with Crippen LogP contribution in [0.2, 0.25) is 5.02 Å². The van der Waals surface area contributed by atoms with E-state index in [4.69, 9.17) is 16.7 Å². The van der Waals surface area contributed by atoms with Gasteiger partial charge in [-0.3, -0.25) is 0 Å². The lowest BCUT2D eigenvalue weighted by atomic mass is 10.0. The number of halogens is 2. The van der Waals surface area contributed by atoms with Gasteiger partial charge in [0.15, 0.2) is 0 Å². The maximum atomic E-state index is 13.2. The van der Waals surface area contributed by atoms with Gasteiger partial charge in [0.1, 0.15) is 10.7 Å². The second-order valence-electron chi connectivity index (χ2n) is 8.18. The molecule has 0 radical (unpaired) electrons. The molecule has 0 aliphatic rings. The summed E-state index contributed by atoms with van der Waals surface area (Å²) in [6.45, 7) is 4.23. The lowest BCUT2D eigenvalue weighted by Crippen LogP contribution is -2.40. The Hall–Kier alpha value is -3.69. The van der Waals surface area contributed by atoms with Crippen molar-refractivity contribution in [3.05, 3.63) is 101 Å². The first-order valence-corrected chi connectivity index (χ1v) is 13.0. The van der Waals surface area contributed by atoms with E-state index in [9.17, 15) is 17.6 Å². The molecule has 36 heavy (non-hydrogen) atoms. The lowest BCUT2D eigenvalue weighted by Gasteiger charge is -2.10. The van der Waals surface area contributed by atoms with E-state index in [1.165, 1.54) is 0 Å². The van der Waals surface area contributed by atoms with Crippen molar-refractivity contribution in [1.82, 2.24) is 19.8 Å². The molecule has 0 spiro atoms. The summed E-state index contributed by atoms with van der Waals surface area (Å²) in [7, 11) is -4.23. The molecule has 1 aromatic heterocycles. The molecule has 4 rings (SSSR count). The van der Waals surface area contributed by atoms with Crippen LogP contribution in [0, 0.1) is 19.7 Å². The van der Waals surface area contributed by atoms with Gasteiger partial charge in [-0.15, -0.1) is 0 Å². The Morgan fingerprint density at radius 3 is 2.39 bits per heavy atom. The minimum absolute atomic E-state index is 0.204. The van der Waals surface area contributed by atoms with E-state index < -0.39 is 21.9 Å². The van der Waals surface area contributed by atoms with Crippen molar-refractivity contribution in [2.24, 2.45) is 0 Å². The van der Waals surface area contributed by atoms with Crippen LogP contribution in [0.25, 0.3) is 16.8 Å². The van der Waals surface area contributed by atoms with E-state index in [1.54, 1.807) is 0 Å². The van der Waals surface area contributed by atoms with Crippen LogP contribution in [0.4, 0.5) is 9.18 Å². The van der Waals surface area contributed by atoms with E-state index >= 15 is 0 Å². The predicted molar refractivity (Wildman–Crippen MR) is 137 cm³/mol. The van der Waals surface area contributed by atoms with Crippen LogP contribution in [0.15, 0.2) is 77.7 Å². The fraction of sp³-hybridized carbons (Fsp3) is 0.154. The maximum Gasteiger partial charge on any atom is 0.328 e. The highest BCUT2D eigenvalue weighted by atomic mass is 35.5. The van der Waals surface area contributed by atoms with Crippen LogP contribution in [0.5, 0.6) is 0 Å². The van der Waals surface area contributed by atoms with Gasteiger partial charge < -0.3 is 5.32 Å². The van der Waals surface area contributed by atoms with Gasteiger partial charge in [0.25, 0.3) is 10.0 Å². The summed E-state index contributed by atoms with van der Waals surface area (Å²) < 4.78 is 41.6. The molecule has 1 heterocycles. The fourth-order valence-corrected chi connectivity index (χ4v) is 5.41. The van der Waals surface area contributed by atoms with Crippen molar-refractivity contribution < 1.29 is 17.6 Å². The van der Waals surface area contributed by atoms with E-state index in [0.717, 1.165) is 52.0 Å². The third-order valence-electron chi connectivity index (χ3n) is 5.64. The maximum absolute atomic E-state index is 13.2. The van der Waals surface area contributed by atoms with Crippen LogP contribution in [-0.4, -0.2) is 30.8 Å². The molecule has 0 aliphatic carbocycles. The zero-order valence-electron chi connectivity index (χ0n) is 19.6. The number of hydrogen-bond donors (Lipinski definition) is 2. The Morgan fingerprint density at radius 2 is 1.72 bits per heavy atom. The number of nitrogens with zero attached hydrogens (tertiary/aromatic N) is 2. The number of rotatable bonds is 7. The lowest BCUT2D eigenvalue weighted by molar-refractivity contribution is 0.246. The summed E-state index contributed by atoms with van der Waals surface area (Å²) in [6, 6.07) is 19.8. The number of hydrogen-bond acceptors (Lipinski definition) is 4. The number of carbonyl (C=O) groups is 1. The van der Waals surface area contributed by atoms with Crippen LogP contribution < -0.4 is 10.0 Å². The smallest absolute Gasteiger partial charge is 0.328 e.